The van der Waals surface area contributed by atoms with Crippen molar-refractivity contribution in [3.05, 3.63) is 24.3 Å². The van der Waals surface area contributed by atoms with Crippen molar-refractivity contribution in [2.75, 3.05) is 33.4 Å². The molecule has 0 radical (unpaired) electrons. The van der Waals surface area contributed by atoms with Gasteiger partial charge in [-0.25, -0.2) is 4.79 Å². The van der Waals surface area contributed by atoms with Crippen LogP contribution in [0.1, 0.15) is 6.42 Å². The molecule has 8 heteroatoms. The Kier molecular flexibility index (Phi) is 4.54. The highest BCUT2D eigenvalue weighted by molar-refractivity contribution is 6.02. The lowest BCUT2D eigenvalue weighted by Crippen LogP contribution is -2.43. The van der Waals surface area contributed by atoms with Crippen LogP contribution in [0.3, 0.4) is 0 Å². The summed E-state index contributed by atoms with van der Waals surface area (Å²) in [7, 11) is 1.56. The first-order chi connectivity index (χ1) is 11.6. The number of amides is 4. The second-order valence-corrected chi connectivity index (χ2v) is 5.67. The fourth-order valence-corrected chi connectivity index (χ4v) is 2.91. The predicted octanol–water partition coefficient (Wildman–Crippen LogP) is 0.227. The Morgan fingerprint density at radius 1 is 1.33 bits per heavy atom. The molecule has 1 aromatic carbocycles. The van der Waals surface area contributed by atoms with E-state index < -0.39 is 0 Å². The summed E-state index contributed by atoms with van der Waals surface area (Å²) >= 11 is 0. The number of carbonyl (C=O) groups is 3. The first kappa shape index (κ1) is 16.1. The monoisotopic (exact) mass is 333 g/mol. The second-order valence-electron chi connectivity index (χ2n) is 5.67. The number of hydrogen-bond donors (Lipinski definition) is 1. The van der Waals surface area contributed by atoms with Crippen LogP contribution in [0.5, 0.6) is 11.5 Å². The van der Waals surface area contributed by atoms with E-state index in [1.54, 1.807) is 36.3 Å². The fourth-order valence-electron chi connectivity index (χ4n) is 2.91. The number of benzene rings is 1. The first-order valence-corrected chi connectivity index (χ1v) is 7.73. The molecule has 2 fully saturated rings. The van der Waals surface area contributed by atoms with Crippen molar-refractivity contribution in [2.45, 2.75) is 12.5 Å². The molecule has 2 saturated heterocycles. The average molecular weight is 333 g/mol. The molecule has 4 amide bonds. The number of nitrogens with zero attached hydrogens (tertiary/aromatic N) is 2. The molecule has 0 saturated carbocycles. The van der Waals surface area contributed by atoms with Crippen molar-refractivity contribution in [2.24, 2.45) is 0 Å². The molecule has 0 aromatic heterocycles. The number of imide groups is 1. The summed E-state index contributed by atoms with van der Waals surface area (Å²) < 4.78 is 10.6. The highest BCUT2D eigenvalue weighted by atomic mass is 16.5. The van der Waals surface area contributed by atoms with Crippen molar-refractivity contribution < 1.29 is 23.9 Å². The zero-order valence-corrected chi connectivity index (χ0v) is 13.4. The molecule has 3 rings (SSSR count). The third-order valence-corrected chi connectivity index (χ3v) is 4.16. The van der Waals surface area contributed by atoms with Crippen LogP contribution >= 0.6 is 0 Å². The Bertz CT molecular complexity index is 647. The van der Waals surface area contributed by atoms with Crippen molar-refractivity contribution in [1.82, 2.24) is 15.1 Å². The Balaban J connectivity index is 1.53. The third kappa shape index (κ3) is 3.27. The summed E-state index contributed by atoms with van der Waals surface area (Å²) in [6.45, 7) is 0.782. The van der Waals surface area contributed by atoms with Gasteiger partial charge in [0, 0.05) is 19.2 Å². The maximum Gasteiger partial charge on any atom is 0.324 e. The first-order valence-electron chi connectivity index (χ1n) is 7.73. The minimum absolute atomic E-state index is 0.0300. The van der Waals surface area contributed by atoms with E-state index in [2.05, 4.69) is 5.32 Å². The van der Waals surface area contributed by atoms with Crippen molar-refractivity contribution in [3.63, 3.8) is 0 Å². The highest BCUT2D eigenvalue weighted by Crippen LogP contribution is 2.20. The maximum atomic E-state index is 12.3. The molecular formula is C16H19N3O5. The minimum Gasteiger partial charge on any atom is -0.497 e. The smallest absolute Gasteiger partial charge is 0.324 e. The Morgan fingerprint density at radius 2 is 2.12 bits per heavy atom. The predicted molar refractivity (Wildman–Crippen MR) is 83.7 cm³/mol. The van der Waals surface area contributed by atoms with Gasteiger partial charge in [-0.3, -0.25) is 14.5 Å². The fraction of sp³-hybridized carbons (Fsp3) is 0.438. The third-order valence-electron chi connectivity index (χ3n) is 4.16. The standard InChI is InChI=1S/C16H19N3O5/c1-23-12-3-2-4-13(7-12)24-10-15(21)18-6-5-11(9-18)19-14(20)8-17-16(19)22/h2-4,7,11H,5-6,8-10H2,1H3,(H,17,22). The maximum absolute atomic E-state index is 12.3. The van der Waals surface area contributed by atoms with Crippen molar-refractivity contribution in [1.29, 1.82) is 0 Å². The molecule has 1 N–H and O–H groups in total. The largest absolute Gasteiger partial charge is 0.497 e. The number of carbonyl (C=O) groups excluding carboxylic acids is 3. The van der Waals surface area contributed by atoms with Gasteiger partial charge in [0.2, 0.25) is 5.91 Å². The Morgan fingerprint density at radius 3 is 2.83 bits per heavy atom. The van der Waals surface area contributed by atoms with E-state index in [0.29, 0.717) is 31.0 Å². The molecule has 0 spiro atoms. The summed E-state index contributed by atoms with van der Waals surface area (Å²) in [5.41, 5.74) is 0. The van der Waals surface area contributed by atoms with E-state index >= 15 is 0 Å². The van der Waals surface area contributed by atoms with Gasteiger partial charge in [-0.05, 0) is 18.6 Å². The molecule has 0 aliphatic carbocycles. The number of urea groups is 1. The molecule has 2 heterocycles. The van der Waals surface area contributed by atoms with Crippen LogP contribution < -0.4 is 14.8 Å². The zero-order chi connectivity index (χ0) is 17.1. The topological polar surface area (TPSA) is 88.2 Å². The van der Waals surface area contributed by atoms with Crippen molar-refractivity contribution in [3.8, 4) is 11.5 Å². The van der Waals surface area contributed by atoms with Gasteiger partial charge < -0.3 is 19.7 Å². The zero-order valence-electron chi connectivity index (χ0n) is 13.4. The molecule has 1 unspecified atom stereocenters. The molecule has 0 bridgehead atoms. The lowest BCUT2D eigenvalue weighted by molar-refractivity contribution is -0.133. The van der Waals surface area contributed by atoms with E-state index in [9.17, 15) is 14.4 Å². The van der Waals surface area contributed by atoms with Crippen LogP contribution in [-0.2, 0) is 9.59 Å². The van der Waals surface area contributed by atoms with E-state index in [-0.39, 0.29) is 37.0 Å². The Labute approximate surface area is 139 Å². The summed E-state index contributed by atoms with van der Waals surface area (Å²) in [6.07, 6.45) is 0.587. The van der Waals surface area contributed by atoms with Gasteiger partial charge in [-0.15, -0.1) is 0 Å². The number of hydrogen-bond acceptors (Lipinski definition) is 5. The molecule has 1 atom stereocenters. The van der Waals surface area contributed by atoms with Crippen LogP contribution in [0, 0.1) is 0 Å². The average Bonchev–Trinajstić information content (AvgIpc) is 3.19. The molecule has 24 heavy (non-hydrogen) atoms. The van der Waals surface area contributed by atoms with Crippen LogP contribution in [0.15, 0.2) is 24.3 Å². The summed E-state index contributed by atoms with van der Waals surface area (Å²) in [6, 6.07) is 6.37. The quantitative estimate of drug-likeness (QED) is 0.779. The number of rotatable bonds is 5. The van der Waals surface area contributed by atoms with Gasteiger partial charge in [0.25, 0.3) is 5.91 Å². The Hall–Kier alpha value is -2.77. The normalized spacial score (nSPS) is 20.3. The molecule has 1 aromatic rings. The van der Waals surface area contributed by atoms with Crippen LogP contribution in [0.4, 0.5) is 4.79 Å². The van der Waals surface area contributed by atoms with E-state index in [4.69, 9.17) is 9.47 Å². The highest BCUT2D eigenvalue weighted by Gasteiger charge is 2.39. The van der Waals surface area contributed by atoms with Gasteiger partial charge in [-0.1, -0.05) is 6.07 Å². The van der Waals surface area contributed by atoms with E-state index in [1.165, 1.54) is 4.90 Å². The number of methoxy groups -OCH3 is 1. The summed E-state index contributed by atoms with van der Waals surface area (Å²) in [5.74, 6) is 0.784. The number of nitrogens with one attached hydrogen (secondary N) is 1. The molecular weight excluding hydrogens is 314 g/mol. The summed E-state index contributed by atoms with van der Waals surface area (Å²) in [5, 5.41) is 2.50. The number of likely N-dealkylation sites (tertiary alicyclic amines) is 1. The van der Waals surface area contributed by atoms with Crippen LogP contribution in [0.2, 0.25) is 0 Å². The SMILES string of the molecule is COc1cccc(OCC(=O)N2CCC(N3C(=O)CNC3=O)C2)c1. The van der Waals surface area contributed by atoms with E-state index in [0.717, 1.165) is 0 Å². The van der Waals surface area contributed by atoms with Gasteiger partial charge in [0.1, 0.15) is 11.5 Å². The van der Waals surface area contributed by atoms with Gasteiger partial charge in [-0.2, -0.15) is 0 Å². The minimum atomic E-state index is -0.382. The van der Waals surface area contributed by atoms with Gasteiger partial charge in [0.05, 0.1) is 19.7 Å². The molecule has 2 aliphatic heterocycles. The second kappa shape index (κ2) is 6.77. The van der Waals surface area contributed by atoms with Gasteiger partial charge in [0.15, 0.2) is 6.61 Å². The van der Waals surface area contributed by atoms with Crippen LogP contribution in [0.25, 0.3) is 0 Å². The molecule has 128 valence electrons. The lowest BCUT2D eigenvalue weighted by Gasteiger charge is -2.21. The lowest BCUT2D eigenvalue weighted by atomic mass is 10.2. The summed E-state index contributed by atoms with van der Waals surface area (Å²) in [4.78, 5) is 38.5. The van der Waals surface area contributed by atoms with E-state index in [1.807, 2.05) is 0 Å². The van der Waals surface area contributed by atoms with Crippen LogP contribution in [-0.4, -0.2) is 67.0 Å². The van der Waals surface area contributed by atoms with Crippen molar-refractivity contribution >= 4 is 17.8 Å². The molecule has 2 aliphatic rings. The van der Waals surface area contributed by atoms with Gasteiger partial charge >= 0.3 is 6.03 Å². The number of ether oxygens (including phenoxy) is 2. The molecule has 8 nitrogen and oxygen atoms in total.